The third-order valence-corrected chi connectivity index (χ3v) is 4.77. The Morgan fingerprint density at radius 3 is 2.17 bits per heavy atom. The lowest BCUT2D eigenvalue weighted by Gasteiger charge is -2.40. The van der Waals surface area contributed by atoms with Crippen LogP contribution in [-0.4, -0.2) is 55.0 Å². The van der Waals surface area contributed by atoms with Crippen LogP contribution in [0.4, 0.5) is 0 Å². The van der Waals surface area contributed by atoms with Gasteiger partial charge >= 0.3 is 0 Å². The van der Waals surface area contributed by atoms with Crippen LogP contribution >= 0.6 is 0 Å². The van der Waals surface area contributed by atoms with Crippen molar-refractivity contribution in [2.24, 2.45) is 17.1 Å². The van der Waals surface area contributed by atoms with Gasteiger partial charge in [-0.1, -0.05) is 13.8 Å². The SMILES string of the molecule is CC(C)[C@@H](N)C(=O)N1CCC2(CCN(C)C2)CC1. The van der Waals surface area contributed by atoms with Gasteiger partial charge in [-0.15, -0.1) is 0 Å². The van der Waals surface area contributed by atoms with Crippen LogP contribution in [0, 0.1) is 11.3 Å². The average Bonchev–Trinajstić information content (AvgIpc) is 2.70. The van der Waals surface area contributed by atoms with Gasteiger partial charge in [0.2, 0.25) is 5.91 Å². The Kier molecular flexibility index (Phi) is 3.97. The van der Waals surface area contributed by atoms with Gasteiger partial charge in [0.05, 0.1) is 6.04 Å². The first-order valence-corrected chi connectivity index (χ1v) is 7.16. The van der Waals surface area contributed by atoms with Gasteiger partial charge in [-0.3, -0.25) is 4.79 Å². The molecule has 0 radical (unpaired) electrons. The minimum absolute atomic E-state index is 0.145. The van der Waals surface area contributed by atoms with Crippen molar-refractivity contribution in [1.82, 2.24) is 9.80 Å². The highest BCUT2D eigenvalue weighted by Crippen LogP contribution is 2.39. The summed E-state index contributed by atoms with van der Waals surface area (Å²) in [5.41, 5.74) is 6.44. The number of carbonyl (C=O) groups is 1. The van der Waals surface area contributed by atoms with Crippen molar-refractivity contribution in [1.29, 1.82) is 0 Å². The van der Waals surface area contributed by atoms with Crippen LogP contribution in [0.25, 0.3) is 0 Å². The summed E-state index contributed by atoms with van der Waals surface area (Å²) in [4.78, 5) is 16.6. The Labute approximate surface area is 110 Å². The third kappa shape index (κ3) is 2.69. The molecular weight excluding hydrogens is 226 g/mol. The second kappa shape index (κ2) is 5.17. The van der Waals surface area contributed by atoms with E-state index in [9.17, 15) is 4.79 Å². The Morgan fingerprint density at radius 2 is 1.72 bits per heavy atom. The summed E-state index contributed by atoms with van der Waals surface area (Å²) >= 11 is 0. The minimum atomic E-state index is -0.328. The molecule has 2 aliphatic rings. The molecule has 0 aliphatic carbocycles. The van der Waals surface area contributed by atoms with Crippen molar-refractivity contribution in [3.63, 3.8) is 0 Å². The first kappa shape index (κ1) is 13.8. The quantitative estimate of drug-likeness (QED) is 0.796. The van der Waals surface area contributed by atoms with Gasteiger partial charge in [0.25, 0.3) is 0 Å². The Balaban J connectivity index is 1.89. The largest absolute Gasteiger partial charge is 0.341 e. The second-order valence-electron chi connectivity index (χ2n) is 6.58. The Morgan fingerprint density at radius 1 is 1.17 bits per heavy atom. The highest BCUT2D eigenvalue weighted by molar-refractivity contribution is 5.82. The van der Waals surface area contributed by atoms with Gasteiger partial charge in [-0.2, -0.15) is 0 Å². The first-order chi connectivity index (χ1) is 8.43. The van der Waals surface area contributed by atoms with Crippen molar-refractivity contribution in [3.05, 3.63) is 0 Å². The van der Waals surface area contributed by atoms with Gasteiger partial charge in [0, 0.05) is 19.6 Å². The molecule has 104 valence electrons. The molecule has 2 heterocycles. The molecule has 0 aromatic carbocycles. The third-order valence-electron chi connectivity index (χ3n) is 4.77. The van der Waals surface area contributed by atoms with Crippen molar-refractivity contribution in [2.45, 2.75) is 39.2 Å². The lowest BCUT2D eigenvalue weighted by atomic mass is 9.77. The number of hydrogen-bond acceptors (Lipinski definition) is 3. The summed E-state index contributed by atoms with van der Waals surface area (Å²) in [6.45, 7) is 8.23. The number of carbonyl (C=O) groups excluding carboxylic acids is 1. The van der Waals surface area contributed by atoms with Crippen LogP contribution < -0.4 is 5.73 Å². The molecule has 2 saturated heterocycles. The zero-order valence-corrected chi connectivity index (χ0v) is 12.0. The predicted molar refractivity (Wildman–Crippen MR) is 73.2 cm³/mol. The van der Waals surface area contributed by atoms with E-state index in [4.69, 9.17) is 5.73 Å². The molecule has 2 N–H and O–H groups in total. The van der Waals surface area contributed by atoms with Crippen molar-refractivity contribution < 1.29 is 4.79 Å². The fraction of sp³-hybridized carbons (Fsp3) is 0.929. The summed E-state index contributed by atoms with van der Waals surface area (Å²) in [6.07, 6.45) is 3.59. The molecule has 0 aromatic heterocycles. The second-order valence-corrected chi connectivity index (χ2v) is 6.58. The molecule has 0 unspecified atom stereocenters. The smallest absolute Gasteiger partial charge is 0.239 e. The maximum absolute atomic E-state index is 12.2. The highest BCUT2D eigenvalue weighted by atomic mass is 16.2. The number of rotatable bonds is 2. The van der Waals surface area contributed by atoms with Gasteiger partial charge < -0.3 is 15.5 Å². The van der Waals surface area contributed by atoms with E-state index >= 15 is 0 Å². The molecule has 2 fully saturated rings. The van der Waals surface area contributed by atoms with Gasteiger partial charge in [-0.05, 0) is 44.2 Å². The number of likely N-dealkylation sites (tertiary alicyclic amines) is 2. The molecule has 4 heteroatoms. The molecule has 0 aromatic rings. The van der Waals surface area contributed by atoms with E-state index in [1.807, 2.05) is 18.7 Å². The number of nitrogens with zero attached hydrogens (tertiary/aromatic N) is 2. The average molecular weight is 253 g/mol. The van der Waals surface area contributed by atoms with E-state index < -0.39 is 0 Å². The molecule has 18 heavy (non-hydrogen) atoms. The van der Waals surface area contributed by atoms with Crippen LogP contribution in [0.5, 0.6) is 0 Å². The van der Waals surface area contributed by atoms with E-state index in [0.717, 1.165) is 25.9 Å². The molecule has 2 aliphatic heterocycles. The van der Waals surface area contributed by atoms with Gasteiger partial charge in [-0.25, -0.2) is 0 Å². The van der Waals surface area contributed by atoms with Gasteiger partial charge in [0.15, 0.2) is 0 Å². The van der Waals surface area contributed by atoms with Crippen LogP contribution in [0.1, 0.15) is 33.1 Å². The van der Waals surface area contributed by atoms with E-state index in [0.29, 0.717) is 5.41 Å². The normalized spacial score (nSPS) is 25.9. The fourth-order valence-electron chi connectivity index (χ4n) is 3.26. The summed E-state index contributed by atoms with van der Waals surface area (Å²) in [6, 6.07) is -0.328. The number of amides is 1. The summed E-state index contributed by atoms with van der Waals surface area (Å²) in [5, 5.41) is 0. The molecular formula is C14H27N3O. The summed E-state index contributed by atoms with van der Waals surface area (Å²) in [5.74, 6) is 0.372. The van der Waals surface area contributed by atoms with Crippen molar-refractivity contribution in [2.75, 3.05) is 33.2 Å². The van der Waals surface area contributed by atoms with Gasteiger partial charge in [0.1, 0.15) is 0 Å². The van der Waals surface area contributed by atoms with Crippen molar-refractivity contribution in [3.8, 4) is 0 Å². The van der Waals surface area contributed by atoms with Crippen LogP contribution in [0.15, 0.2) is 0 Å². The molecule has 0 saturated carbocycles. The Hall–Kier alpha value is -0.610. The topological polar surface area (TPSA) is 49.6 Å². The zero-order chi connectivity index (χ0) is 13.3. The summed E-state index contributed by atoms with van der Waals surface area (Å²) in [7, 11) is 2.20. The van der Waals surface area contributed by atoms with E-state index in [-0.39, 0.29) is 17.9 Å². The summed E-state index contributed by atoms with van der Waals surface area (Å²) < 4.78 is 0. The lowest BCUT2D eigenvalue weighted by molar-refractivity contribution is -0.135. The number of hydrogen-bond donors (Lipinski definition) is 1. The molecule has 2 rings (SSSR count). The maximum Gasteiger partial charge on any atom is 0.239 e. The highest BCUT2D eigenvalue weighted by Gasteiger charge is 2.40. The zero-order valence-electron chi connectivity index (χ0n) is 12.0. The van der Waals surface area contributed by atoms with E-state index in [1.165, 1.54) is 19.5 Å². The predicted octanol–water partition coefficient (Wildman–Crippen LogP) is 0.914. The Bertz CT molecular complexity index is 308. The van der Waals surface area contributed by atoms with Crippen molar-refractivity contribution >= 4 is 5.91 Å². The molecule has 1 amide bonds. The number of nitrogens with two attached hydrogens (primary N) is 1. The fourth-order valence-corrected chi connectivity index (χ4v) is 3.26. The van der Waals surface area contributed by atoms with Crippen LogP contribution in [-0.2, 0) is 4.79 Å². The standard InChI is InChI=1S/C14H27N3O/c1-11(2)12(15)13(18)17-8-5-14(6-9-17)4-7-16(3)10-14/h11-12H,4-10,15H2,1-3H3/t12-/m1/s1. The lowest BCUT2D eigenvalue weighted by Crippen LogP contribution is -2.51. The monoisotopic (exact) mass is 253 g/mol. The molecule has 1 atom stereocenters. The number of piperidine rings is 1. The molecule has 0 bridgehead atoms. The van der Waals surface area contributed by atoms with Crippen LogP contribution in [0.3, 0.4) is 0 Å². The minimum Gasteiger partial charge on any atom is -0.341 e. The van der Waals surface area contributed by atoms with Crippen LogP contribution in [0.2, 0.25) is 0 Å². The van der Waals surface area contributed by atoms with E-state index in [2.05, 4.69) is 11.9 Å². The molecule has 4 nitrogen and oxygen atoms in total. The van der Waals surface area contributed by atoms with E-state index in [1.54, 1.807) is 0 Å². The first-order valence-electron chi connectivity index (χ1n) is 7.16. The maximum atomic E-state index is 12.2. The molecule has 1 spiro atoms.